The van der Waals surface area contributed by atoms with Crippen LogP contribution in [0.1, 0.15) is 33.5 Å². The highest BCUT2D eigenvalue weighted by atomic mass is 19.1. The summed E-state index contributed by atoms with van der Waals surface area (Å²) in [7, 11) is 1.40. The number of nitrogens with zero attached hydrogens (tertiary/aromatic N) is 4. The second-order valence-corrected chi connectivity index (χ2v) is 10.7. The normalized spacial score (nSPS) is 14.1. The molecule has 2 aromatic heterocycles. The highest BCUT2D eigenvalue weighted by Gasteiger charge is 2.26. The lowest BCUT2D eigenvalue weighted by atomic mass is 10.1. The van der Waals surface area contributed by atoms with Gasteiger partial charge in [0.2, 0.25) is 0 Å². The molecule has 0 unspecified atom stereocenters. The summed E-state index contributed by atoms with van der Waals surface area (Å²) in [6.07, 6.45) is 0.278. The number of hydrogen-bond donors (Lipinski definition) is 1. The van der Waals surface area contributed by atoms with E-state index in [9.17, 15) is 23.5 Å². The van der Waals surface area contributed by atoms with E-state index in [0.717, 1.165) is 41.1 Å². The Morgan fingerprint density at radius 3 is 2.49 bits per heavy atom. The van der Waals surface area contributed by atoms with Crippen LogP contribution in [0.25, 0.3) is 22.2 Å². The van der Waals surface area contributed by atoms with E-state index in [-0.39, 0.29) is 47.2 Å². The van der Waals surface area contributed by atoms with E-state index >= 15 is 8.78 Å². The largest absolute Gasteiger partial charge is 0.496 e. The average molecular weight is 649 g/mol. The zero-order chi connectivity index (χ0) is 33.4. The number of pyridine rings is 1. The summed E-state index contributed by atoms with van der Waals surface area (Å²) < 4.78 is 79.3. The van der Waals surface area contributed by atoms with Crippen molar-refractivity contribution in [3.63, 3.8) is 0 Å². The summed E-state index contributed by atoms with van der Waals surface area (Å²) in [4.78, 5) is 29.0. The molecule has 1 fully saturated rings. The Kier molecular flexibility index (Phi) is 8.40. The van der Waals surface area contributed by atoms with Gasteiger partial charge in [-0.15, -0.1) is 0 Å². The average Bonchev–Trinajstić information content (AvgIpc) is 3.30. The number of hydrogen-bond acceptors (Lipinski definition) is 7. The van der Waals surface area contributed by atoms with Crippen LogP contribution in [0, 0.1) is 34.6 Å². The topological polar surface area (TPSA) is 129 Å². The maximum atomic E-state index is 15.6. The maximum Gasteiger partial charge on any atom is 0.335 e. The predicted molar refractivity (Wildman–Crippen MR) is 158 cm³/mol. The minimum Gasteiger partial charge on any atom is -0.496 e. The first-order valence-electron chi connectivity index (χ1n) is 14.2. The Morgan fingerprint density at radius 2 is 1.81 bits per heavy atom. The molecule has 240 valence electrons. The van der Waals surface area contributed by atoms with Gasteiger partial charge in [0.05, 0.1) is 54.7 Å². The molecular formula is C33H24F4N4O6. The molecule has 0 saturated carbocycles. The number of aromatic nitrogens is 3. The Labute approximate surface area is 263 Å². The molecule has 0 amide bonds. The summed E-state index contributed by atoms with van der Waals surface area (Å²) in [6.45, 7) is -0.220. The zero-order valence-electron chi connectivity index (χ0n) is 24.6. The quantitative estimate of drug-likeness (QED) is 0.199. The van der Waals surface area contributed by atoms with Gasteiger partial charge in [-0.25, -0.2) is 32.0 Å². The standard InChI is InChI=1S/C33H24F4N4O6/c1-45-29-8-17(13-38)2-3-18(29)16-47-31-23(34)4-5-27(39-31)22-12-24(35)20(10-25(22)36)14-41-32(42)30-26(37)9-19(33(43)44)11-28(30)40(41)15-21-6-7-46-21/h2-5,8-12,21H,6-7,14-16H2,1H3,(H,43,44)/t21-/m0/s1. The van der Waals surface area contributed by atoms with Crippen molar-refractivity contribution in [3.05, 3.63) is 110 Å². The number of rotatable bonds is 10. The lowest BCUT2D eigenvalue weighted by Gasteiger charge is -2.28. The molecule has 1 saturated heterocycles. The number of carboxylic acid groups (broad SMARTS) is 1. The molecule has 47 heavy (non-hydrogen) atoms. The third-order valence-corrected chi connectivity index (χ3v) is 7.83. The first-order chi connectivity index (χ1) is 22.6. The highest BCUT2D eigenvalue weighted by molar-refractivity contribution is 5.93. The fourth-order valence-corrected chi connectivity index (χ4v) is 5.30. The molecule has 0 aliphatic carbocycles. The number of halogens is 4. The lowest BCUT2D eigenvalue weighted by molar-refractivity contribution is -0.0618. The summed E-state index contributed by atoms with van der Waals surface area (Å²) in [5.74, 6) is -5.38. The molecule has 5 aromatic rings. The fourth-order valence-electron chi connectivity index (χ4n) is 5.30. The summed E-state index contributed by atoms with van der Waals surface area (Å²) in [5.41, 5.74) is -1.18. The molecule has 1 N–H and O–H groups in total. The van der Waals surface area contributed by atoms with Crippen molar-refractivity contribution in [3.8, 4) is 29.0 Å². The summed E-state index contributed by atoms with van der Waals surface area (Å²) in [5, 5.41) is 18.1. The van der Waals surface area contributed by atoms with E-state index in [1.54, 1.807) is 6.07 Å². The Bertz CT molecular complexity index is 2150. The van der Waals surface area contributed by atoms with Gasteiger partial charge < -0.3 is 19.3 Å². The van der Waals surface area contributed by atoms with E-state index in [2.05, 4.69) is 4.98 Å². The molecule has 10 nitrogen and oxygen atoms in total. The van der Waals surface area contributed by atoms with Crippen LogP contribution in [0.5, 0.6) is 11.6 Å². The number of carbonyl (C=O) groups is 1. The van der Waals surface area contributed by atoms with Gasteiger partial charge in [0, 0.05) is 23.3 Å². The SMILES string of the molecule is COc1cc(C#N)ccc1COc1nc(-c2cc(F)c(Cn3c(=O)c4c(F)cc(C(=O)O)cc4n3C[C@@H]3CCO3)cc2F)ccc1F. The van der Waals surface area contributed by atoms with Crippen LogP contribution in [-0.4, -0.2) is 45.2 Å². The first-order valence-corrected chi connectivity index (χ1v) is 14.2. The van der Waals surface area contributed by atoms with Crippen LogP contribution in [0.4, 0.5) is 17.6 Å². The molecule has 0 spiro atoms. The van der Waals surface area contributed by atoms with Crippen molar-refractivity contribution in [1.82, 2.24) is 14.3 Å². The molecule has 14 heteroatoms. The van der Waals surface area contributed by atoms with E-state index in [0.29, 0.717) is 29.9 Å². The molecule has 0 radical (unpaired) electrons. The monoisotopic (exact) mass is 648 g/mol. The van der Waals surface area contributed by atoms with Gasteiger partial charge >= 0.3 is 5.97 Å². The van der Waals surface area contributed by atoms with Gasteiger partial charge in [0.1, 0.15) is 35.2 Å². The van der Waals surface area contributed by atoms with Gasteiger partial charge in [-0.3, -0.25) is 9.48 Å². The van der Waals surface area contributed by atoms with Crippen molar-refractivity contribution >= 4 is 16.9 Å². The van der Waals surface area contributed by atoms with Crippen molar-refractivity contribution < 1.29 is 41.7 Å². The number of ether oxygens (including phenoxy) is 3. The predicted octanol–water partition coefficient (Wildman–Crippen LogP) is 5.42. The van der Waals surface area contributed by atoms with Crippen molar-refractivity contribution in [1.29, 1.82) is 5.26 Å². The third-order valence-electron chi connectivity index (χ3n) is 7.83. The van der Waals surface area contributed by atoms with E-state index in [1.165, 1.54) is 23.9 Å². The molecular weight excluding hydrogens is 624 g/mol. The second kappa shape index (κ2) is 12.6. The van der Waals surface area contributed by atoms with Crippen LogP contribution in [0.3, 0.4) is 0 Å². The smallest absolute Gasteiger partial charge is 0.335 e. The number of carboxylic acids is 1. The summed E-state index contributed by atoms with van der Waals surface area (Å²) in [6, 6.07) is 12.3. The molecule has 3 aromatic carbocycles. The molecule has 3 heterocycles. The van der Waals surface area contributed by atoms with Gasteiger partial charge in [-0.05, 0) is 55.0 Å². The van der Waals surface area contributed by atoms with E-state index in [4.69, 9.17) is 19.5 Å². The van der Waals surface area contributed by atoms with Crippen LogP contribution < -0.4 is 15.0 Å². The minimum absolute atomic E-state index is 0.0259. The van der Waals surface area contributed by atoms with E-state index in [1.807, 2.05) is 6.07 Å². The van der Waals surface area contributed by atoms with Crippen molar-refractivity contribution in [2.45, 2.75) is 32.2 Å². The lowest BCUT2D eigenvalue weighted by Crippen LogP contribution is -2.35. The zero-order valence-corrected chi connectivity index (χ0v) is 24.6. The third kappa shape index (κ3) is 6.00. The number of methoxy groups -OCH3 is 1. The van der Waals surface area contributed by atoms with Gasteiger partial charge in [-0.1, -0.05) is 6.07 Å². The van der Waals surface area contributed by atoms with Crippen LogP contribution in [0.15, 0.2) is 59.4 Å². The van der Waals surface area contributed by atoms with E-state index < -0.39 is 52.6 Å². The Hall–Kier alpha value is -5.68. The Balaban J connectivity index is 1.32. The van der Waals surface area contributed by atoms with Crippen molar-refractivity contribution in [2.75, 3.05) is 13.7 Å². The maximum absolute atomic E-state index is 15.6. The van der Waals surface area contributed by atoms with Crippen molar-refractivity contribution in [2.24, 2.45) is 0 Å². The highest BCUT2D eigenvalue weighted by Crippen LogP contribution is 2.30. The number of fused-ring (bicyclic) bond motifs is 1. The molecule has 1 aliphatic heterocycles. The summed E-state index contributed by atoms with van der Waals surface area (Å²) >= 11 is 0. The molecule has 1 aliphatic rings. The fraction of sp³-hybridized carbons (Fsp3) is 0.212. The van der Waals surface area contributed by atoms with Gasteiger partial charge in [-0.2, -0.15) is 5.26 Å². The number of nitriles is 1. The molecule has 1 atom stereocenters. The molecule has 0 bridgehead atoms. The van der Waals surface area contributed by atoms with Gasteiger partial charge in [0.25, 0.3) is 11.4 Å². The minimum atomic E-state index is -1.40. The second-order valence-electron chi connectivity index (χ2n) is 10.7. The van der Waals surface area contributed by atoms with Crippen LogP contribution in [0.2, 0.25) is 0 Å². The Morgan fingerprint density at radius 1 is 1.02 bits per heavy atom. The number of aromatic carboxylic acids is 1. The van der Waals surface area contributed by atoms with Crippen LogP contribution >= 0.6 is 0 Å². The first kappa shape index (κ1) is 31.3. The number of benzene rings is 3. The van der Waals surface area contributed by atoms with Crippen LogP contribution in [-0.2, 0) is 24.4 Å². The van der Waals surface area contributed by atoms with Gasteiger partial charge in [0.15, 0.2) is 5.82 Å². The molecule has 6 rings (SSSR count).